The fourth-order valence-electron chi connectivity index (χ4n) is 2.66. The number of nitrogens with zero attached hydrogens (tertiary/aromatic N) is 1. The Morgan fingerprint density at radius 3 is 2.57 bits per heavy atom. The van der Waals surface area contributed by atoms with E-state index in [1.807, 2.05) is 18.2 Å². The molecule has 1 N–H and O–H groups in total. The standard InChI is InChI=1S/C17H19NO5/c1-11(2)8-13-14(19)9-18(15(13)16(20)21)17(22)23-10-12-6-4-3-5-7-12/h3-7,13,15H,1,8-10H2,2H3,(H,20,21). The monoisotopic (exact) mass is 317 g/mol. The van der Waals surface area contributed by atoms with Gasteiger partial charge in [-0.15, -0.1) is 6.58 Å². The summed E-state index contributed by atoms with van der Waals surface area (Å²) in [6.07, 6.45) is -0.544. The lowest BCUT2D eigenvalue weighted by atomic mass is 9.92. The summed E-state index contributed by atoms with van der Waals surface area (Å²) >= 11 is 0. The maximum atomic E-state index is 12.2. The Morgan fingerprint density at radius 1 is 1.35 bits per heavy atom. The highest BCUT2D eigenvalue weighted by Crippen LogP contribution is 2.28. The van der Waals surface area contributed by atoms with Crippen LogP contribution < -0.4 is 0 Å². The van der Waals surface area contributed by atoms with Crippen molar-refractivity contribution in [3.05, 3.63) is 48.0 Å². The number of ether oxygens (including phenoxy) is 1. The van der Waals surface area contributed by atoms with Gasteiger partial charge in [0.2, 0.25) is 0 Å². The maximum absolute atomic E-state index is 12.2. The van der Waals surface area contributed by atoms with Crippen molar-refractivity contribution in [1.82, 2.24) is 4.90 Å². The van der Waals surface area contributed by atoms with Crippen LogP contribution in [0.2, 0.25) is 0 Å². The molecule has 23 heavy (non-hydrogen) atoms. The van der Waals surface area contributed by atoms with Gasteiger partial charge in [0, 0.05) is 0 Å². The summed E-state index contributed by atoms with van der Waals surface area (Å²) in [5, 5.41) is 9.39. The van der Waals surface area contributed by atoms with Crippen molar-refractivity contribution in [3.63, 3.8) is 0 Å². The van der Waals surface area contributed by atoms with Crippen molar-refractivity contribution >= 4 is 17.8 Å². The molecule has 0 spiro atoms. The Balaban J connectivity index is 2.07. The molecule has 1 heterocycles. The van der Waals surface area contributed by atoms with E-state index < -0.39 is 24.0 Å². The van der Waals surface area contributed by atoms with E-state index in [0.29, 0.717) is 5.57 Å². The molecule has 1 fully saturated rings. The molecule has 1 saturated heterocycles. The van der Waals surface area contributed by atoms with Gasteiger partial charge in [0.1, 0.15) is 12.6 Å². The van der Waals surface area contributed by atoms with Gasteiger partial charge in [0.05, 0.1) is 12.5 Å². The van der Waals surface area contributed by atoms with E-state index in [0.717, 1.165) is 10.5 Å². The highest BCUT2D eigenvalue weighted by molar-refractivity contribution is 5.97. The Morgan fingerprint density at radius 2 is 2.00 bits per heavy atom. The van der Waals surface area contributed by atoms with Gasteiger partial charge in [-0.2, -0.15) is 0 Å². The zero-order chi connectivity index (χ0) is 17.0. The number of hydrogen-bond acceptors (Lipinski definition) is 4. The predicted molar refractivity (Wildman–Crippen MR) is 82.7 cm³/mol. The molecule has 122 valence electrons. The third kappa shape index (κ3) is 3.97. The zero-order valence-electron chi connectivity index (χ0n) is 12.9. The second-order valence-electron chi connectivity index (χ2n) is 5.69. The third-order valence-electron chi connectivity index (χ3n) is 3.72. The molecule has 2 rings (SSSR count). The number of benzene rings is 1. The third-order valence-corrected chi connectivity index (χ3v) is 3.72. The van der Waals surface area contributed by atoms with Crippen molar-refractivity contribution in [2.45, 2.75) is 26.0 Å². The van der Waals surface area contributed by atoms with E-state index in [1.54, 1.807) is 19.1 Å². The number of aliphatic carboxylic acids is 1. The average Bonchev–Trinajstić information content (AvgIpc) is 2.82. The number of likely N-dealkylation sites (tertiary alicyclic amines) is 1. The normalized spacial score (nSPS) is 20.4. The van der Waals surface area contributed by atoms with Gasteiger partial charge >= 0.3 is 12.1 Å². The number of carbonyl (C=O) groups excluding carboxylic acids is 2. The second-order valence-corrected chi connectivity index (χ2v) is 5.69. The van der Waals surface area contributed by atoms with Crippen LogP contribution in [0, 0.1) is 5.92 Å². The molecule has 6 nitrogen and oxygen atoms in total. The minimum atomic E-state index is -1.21. The summed E-state index contributed by atoms with van der Waals surface area (Å²) < 4.78 is 5.14. The predicted octanol–water partition coefficient (Wildman–Crippen LogP) is 2.24. The Kier molecular flexibility index (Phi) is 5.16. The van der Waals surface area contributed by atoms with E-state index in [-0.39, 0.29) is 25.4 Å². The Bertz CT molecular complexity index is 625. The number of carboxylic acids is 1. The SMILES string of the molecule is C=C(C)CC1C(=O)CN(C(=O)OCc2ccccc2)C1C(=O)O. The first-order chi connectivity index (χ1) is 10.9. The number of carboxylic acid groups (broad SMARTS) is 1. The highest BCUT2D eigenvalue weighted by Gasteiger charge is 2.47. The number of amides is 1. The highest BCUT2D eigenvalue weighted by atomic mass is 16.6. The number of carbonyl (C=O) groups is 3. The fourth-order valence-corrected chi connectivity index (χ4v) is 2.66. The molecule has 0 radical (unpaired) electrons. The summed E-state index contributed by atoms with van der Waals surface area (Å²) in [6.45, 7) is 5.22. The molecule has 0 aliphatic carbocycles. The van der Waals surface area contributed by atoms with Crippen LogP contribution in [-0.4, -0.2) is 40.4 Å². The molecule has 1 amide bonds. The first-order valence-corrected chi connectivity index (χ1v) is 7.27. The van der Waals surface area contributed by atoms with Crippen LogP contribution in [-0.2, 0) is 20.9 Å². The number of allylic oxidation sites excluding steroid dienone is 1. The molecule has 1 aromatic carbocycles. The molecule has 6 heteroatoms. The molecule has 0 saturated carbocycles. The summed E-state index contributed by atoms with van der Waals surface area (Å²) in [5.74, 6) is -2.26. The summed E-state index contributed by atoms with van der Waals surface area (Å²) in [4.78, 5) is 36.7. The van der Waals surface area contributed by atoms with Crippen molar-refractivity contribution in [2.24, 2.45) is 5.92 Å². The lowest BCUT2D eigenvalue weighted by Gasteiger charge is -2.23. The van der Waals surface area contributed by atoms with Gasteiger partial charge in [-0.05, 0) is 18.9 Å². The molecule has 2 atom stereocenters. The molecule has 1 aromatic rings. The van der Waals surface area contributed by atoms with Gasteiger partial charge in [-0.3, -0.25) is 9.69 Å². The van der Waals surface area contributed by atoms with Gasteiger partial charge in [-0.1, -0.05) is 35.9 Å². The second kappa shape index (κ2) is 7.09. The van der Waals surface area contributed by atoms with Crippen molar-refractivity contribution < 1.29 is 24.2 Å². The zero-order valence-corrected chi connectivity index (χ0v) is 12.9. The van der Waals surface area contributed by atoms with Gasteiger partial charge < -0.3 is 9.84 Å². The minimum Gasteiger partial charge on any atom is -0.480 e. The van der Waals surface area contributed by atoms with E-state index in [4.69, 9.17) is 4.74 Å². The largest absolute Gasteiger partial charge is 0.480 e. The van der Waals surface area contributed by atoms with Crippen molar-refractivity contribution in [2.75, 3.05) is 6.54 Å². The van der Waals surface area contributed by atoms with Gasteiger partial charge in [-0.25, -0.2) is 9.59 Å². The van der Waals surface area contributed by atoms with Gasteiger partial charge in [0.25, 0.3) is 0 Å². The fraction of sp³-hybridized carbons (Fsp3) is 0.353. The summed E-state index contributed by atoms with van der Waals surface area (Å²) in [7, 11) is 0. The van der Waals surface area contributed by atoms with Crippen LogP contribution in [0.1, 0.15) is 18.9 Å². The van der Waals surface area contributed by atoms with E-state index >= 15 is 0 Å². The van der Waals surface area contributed by atoms with E-state index in [9.17, 15) is 19.5 Å². The lowest BCUT2D eigenvalue weighted by Crippen LogP contribution is -2.43. The topological polar surface area (TPSA) is 83.9 Å². The molecule has 0 aromatic heterocycles. The molecule has 1 aliphatic heterocycles. The molecular formula is C17H19NO5. The Labute approximate surface area is 134 Å². The van der Waals surface area contributed by atoms with Crippen LogP contribution in [0.5, 0.6) is 0 Å². The number of Topliss-reactive ketones (excluding diaryl/α,β-unsaturated/α-hetero) is 1. The molecule has 2 unspecified atom stereocenters. The quantitative estimate of drug-likeness (QED) is 0.842. The number of ketones is 1. The van der Waals surface area contributed by atoms with Crippen LogP contribution in [0.3, 0.4) is 0 Å². The smallest absolute Gasteiger partial charge is 0.411 e. The Hall–Kier alpha value is -2.63. The number of hydrogen-bond donors (Lipinski definition) is 1. The lowest BCUT2D eigenvalue weighted by molar-refractivity contribution is -0.143. The van der Waals surface area contributed by atoms with Gasteiger partial charge in [0.15, 0.2) is 5.78 Å². The summed E-state index contributed by atoms with van der Waals surface area (Å²) in [5.41, 5.74) is 1.49. The molecule has 1 aliphatic rings. The van der Waals surface area contributed by atoms with Crippen molar-refractivity contribution in [1.29, 1.82) is 0 Å². The first kappa shape index (κ1) is 16.7. The molecule has 0 bridgehead atoms. The number of rotatable bonds is 5. The van der Waals surface area contributed by atoms with E-state index in [1.165, 1.54) is 0 Å². The molecular weight excluding hydrogens is 298 g/mol. The van der Waals surface area contributed by atoms with Crippen LogP contribution >= 0.6 is 0 Å². The van der Waals surface area contributed by atoms with Crippen LogP contribution in [0.25, 0.3) is 0 Å². The minimum absolute atomic E-state index is 0.0296. The first-order valence-electron chi connectivity index (χ1n) is 7.27. The van der Waals surface area contributed by atoms with E-state index in [2.05, 4.69) is 6.58 Å². The summed E-state index contributed by atoms with van der Waals surface area (Å²) in [6, 6.07) is 7.84. The van der Waals surface area contributed by atoms with Crippen molar-refractivity contribution in [3.8, 4) is 0 Å². The maximum Gasteiger partial charge on any atom is 0.411 e. The van der Waals surface area contributed by atoms with Crippen LogP contribution in [0.15, 0.2) is 42.5 Å². The van der Waals surface area contributed by atoms with Crippen LogP contribution in [0.4, 0.5) is 4.79 Å². The average molecular weight is 317 g/mol.